The van der Waals surface area contributed by atoms with Gasteiger partial charge in [0, 0.05) is 6.07 Å². The zero-order valence-corrected chi connectivity index (χ0v) is 13.6. The number of rotatable bonds is 5. The smallest absolute Gasteiger partial charge is 0.391 e. The van der Waals surface area contributed by atoms with E-state index in [1.165, 1.54) is 6.07 Å². The maximum Gasteiger partial charge on any atom is 0.391 e. The number of ether oxygens (including phenoxy) is 1. The molecule has 138 valence electrons. The fraction of sp³-hybridized carbons (Fsp3) is 0.611. The molecule has 0 saturated heterocycles. The number of carboxylic acid groups (broad SMARTS) is 1. The van der Waals surface area contributed by atoms with Gasteiger partial charge in [0.05, 0.1) is 18.1 Å². The van der Waals surface area contributed by atoms with E-state index < -0.39 is 23.9 Å². The normalized spacial score (nSPS) is 24.2. The second-order valence-corrected chi connectivity index (χ2v) is 7.02. The standard InChI is InChI=1S/C18H20F4O3/c19-15-8-16(13(11-3-4-11)7-14(15)17(23)24)25-9-10-1-5-12(6-2-10)18(20,21)22/h7-8,10-12H,1-6,9H2,(H,23,24). The van der Waals surface area contributed by atoms with Crippen molar-refractivity contribution in [1.29, 1.82) is 0 Å². The van der Waals surface area contributed by atoms with Crippen LogP contribution in [-0.4, -0.2) is 23.9 Å². The Balaban J connectivity index is 1.64. The summed E-state index contributed by atoms with van der Waals surface area (Å²) in [7, 11) is 0. The average molecular weight is 360 g/mol. The highest BCUT2D eigenvalue weighted by Gasteiger charge is 2.41. The SMILES string of the molecule is O=C(O)c1cc(C2CC2)c(OCC2CCC(C(F)(F)F)CC2)cc1F. The highest BCUT2D eigenvalue weighted by Crippen LogP contribution is 2.45. The molecular formula is C18H20F4O3. The Morgan fingerprint density at radius 3 is 2.28 bits per heavy atom. The van der Waals surface area contributed by atoms with E-state index in [0.717, 1.165) is 18.9 Å². The van der Waals surface area contributed by atoms with Crippen molar-refractivity contribution in [3.05, 3.63) is 29.1 Å². The van der Waals surface area contributed by atoms with E-state index in [0.29, 0.717) is 24.2 Å². The molecule has 3 nitrogen and oxygen atoms in total. The number of halogens is 4. The Kier molecular flexibility index (Phi) is 4.93. The van der Waals surface area contributed by atoms with Crippen LogP contribution < -0.4 is 4.74 Å². The van der Waals surface area contributed by atoms with Crippen molar-refractivity contribution in [2.45, 2.75) is 50.6 Å². The topological polar surface area (TPSA) is 46.5 Å². The van der Waals surface area contributed by atoms with Gasteiger partial charge in [0.25, 0.3) is 0 Å². The van der Waals surface area contributed by atoms with Crippen molar-refractivity contribution in [2.24, 2.45) is 11.8 Å². The van der Waals surface area contributed by atoms with Gasteiger partial charge in [-0.3, -0.25) is 0 Å². The van der Waals surface area contributed by atoms with Gasteiger partial charge in [-0.2, -0.15) is 13.2 Å². The Hall–Kier alpha value is -1.79. The first-order valence-electron chi connectivity index (χ1n) is 8.52. The number of hydrogen-bond donors (Lipinski definition) is 1. The summed E-state index contributed by atoms with van der Waals surface area (Å²) in [6, 6.07) is 2.42. The van der Waals surface area contributed by atoms with E-state index in [-0.39, 0.29) is 36.8 Å². The number of carbonyl (C=O) groups is 1. The second kappa shape index (κ2) is 6.84. The molecular weight excluding hydrogens is 340 g/mol. The number of aromatic carboxylic acids is 1. The van der Waals surface area contributed by atoms with Crippen molar-refractivity contribution >= 4 is 5.97 Å². The summed E-state index contributed by atoms with van der Waals surface area (Å²) in [5, 5.41) is 9.03. The molecule has 1 N–H and O–H groups in total. The molecule has 2 aliphatic carbocycles. The second-order valence-electron chi connectivity index (χ2n) is 7.02. The largest absolute Gasteiger partial charge is 0.493 e. The van der Waals surface area contributed by atoms with Gasteiger partial charge in [0.15, 0.2) is 0 Å². The van der Waals surface area contributed by atoms with E-state index in [4.69, 9.17) is 9.84 Å². The third-order valence-corrected chi connectivity index (χ3v) is 5.13. The molecule has 0 aromatic heterocycles. The zero-order chi connectivity index (χ0) is 18.2. The summed E-state index contributed by atoms with van der Waals surface area (Å²) in [5.41, 5.74) is 0.308. The van der Waals surface area contributed by atoms with Crippen LogP contribution in [0.25, 0.3) is 0 Å². The van der Waals surface area contributed by atoms with Gasteiger partial charge in [0.1, 0.15) is 11.6 Å². The highest BCUT2D eigenvalue weighted by molar-refractivity contribution is 5.88. The fourth-order valence-corrected chi connectivity index (χ4v) is 3.44. The first kappa shape index (κ1) is 18.0. The van der Waals surface area contributed by atoms with Gasteiger partial charge in [-0.1, -0.05) is 0 Å². The third-order valence-electron chi connectivity index (χ3n) is 5.13. The van der Waals surface area contributed by atoms with Crippen LogP contribution in [-0.2, 0) is 0 Å². The molecule has 25 heavy (non-hydrogen) atoms. The number of alkyl halides is 3. The third kappa shape index (κ3) is 4.25. The van der Waals surface area contributed by atoms with Crippen LogP contribution in [0.4, 0.5) is 17.6 Å². The molecule has 1 aromatic carbocycles. The van der Waals surface area contributed by atoms with Crippen molar-refractivity contribution in [3.8, 4) is 5.75 Å². The van der Waals surface area contributed by atoms with E-state index in [1.54, 1.807) is 0 Å². The van der Waals surface area contributed by atoms with Gasteiger partial charge < -0.3 is 9.84 Å². The molecule has 2 aliphatic rings. The maximum absolute atomic E-state index is 13.9. The molecule has 2 fully saturated rings. The van der Waals surface area contributed by atoms with Gasteiger partial charge in [-0.15, -0.1) is 0 Å². The summed E-state index contributed by atoms with van der Waals surface area (Å²) in [6.07, 6.45) is -1.29. The minimum atomic E-state index is -4.14. The molecule has 0 atom stereocenters. The highest BCUT2D eigenvalue weighted by atomic mass is 19.4. The lowest BCUT2D eigenvalue weighted by atomic mass is 9.82. The predicted molar refractivity (Wildman–Crippen MR) is 82.3 cm³/mol. The number of hydrogen-bond acceptors (Lipinski definition) is 2. The fourth-order valence-electron chi connectivity index (χ4n) is 3.44. The van der Waals surface area contributed by atoms with E-state index in [1.807, 2.05) is 0 Å². The van der Waals surface area contributed by atoms with Gasteiger partial charge in [0.2, 0.25) is 0 Å². The quantitative estimate of drug-likeness (QED) is 0.739. The maximum atomic E-state index is 13.9. The van der Waals surface area contributed by atoms with Crippen molar-refractivity contribution in [1.82, 2.24) is 0 Å². The van der Waals surface area contributed by atoms with Gasteiger partial charge in [-0.25, -0.2) is 9.18 Å². The summed E-state index contributed by atoms with van der Waals surface area (Å²) in [6.45, 7) is 0.232. The van der Waals surface area contributed by atoms with E-state index in [9.17, 15) is 22.4 Å². The summed E-state index contributed by atoms with van der Waals surface area (Å²) < 4.78 is 57.7. The lowest BCUT2D eigenvalue weighted by molar-refractivity contribution is -0.184. The summed E-state index contributed by atoms with van der Waals surface area (Å²) in [5.74, 6) is -2.91. The lowest BCUT2D eigenvalue weighted by Gasteiger charge is -2.29. The van der Waals surface area contributed by atoms with E-state index in [2.05, 4.69) is 0 Å². The zero-order valence-electron chi connectivity index (χ0n) is 13.6. The molecule has 3 rings (SSSR count). The van der Waals surface area contributed by atoms with Crippen LogP contribution in [0, 0.1) is 17.7 Å². The van der Waals surface area contributed by atoms with Crippen LogP contribution in [0.1, 0.15) is 60.4 Å². The molecule has 0 radical (unpaired) electrons. The summed E-state index contributed by atoms with van der Waals surface area (Å²) >= 11 is 0. The van der Waals surface area contributed by atoms with E-state index >= 15 is 0 Å². The number of benzene rings is 1. The Morgan fingerprint density at radius 2 is 1.76 bits per heavy atom. The Morgan fingerprint density at radius 1 is 1.12 bits per heavy atom. The molecule has 0 aliphatic heterocycles. The van der Waals surface area contributed by atoms with Crippen molar-refractivity contribution < 1.29 is 32.2 Å². The minimum Gasteiger partial charge on any atom is -0.493 e. The molecule has 1 aromatic rings. The van der Waals surface area contributed by atoms with Crippen LogP contribution in [0.3, 0.4) is 0 Å². The minimum absolute atomic E-state index is 0.00728. The monoisotopic (exact) mass is 360 g/mol. The van der Waals surface area contributed by atoms with Gasteiger partial charge >= 0.3 is 12.1 Å². The predicted octanol–water partition coefficient (Wildman–Crippen LogP) is 5.15. The molecule has 0 bridgehead atoms. The average Bonchev–Trinajstić information content (AvgIpc) is 3.37. The van der Waals surface area contributed by atoms with Crippen molar-refractivity contribution in [3.63, 3.8) is 0 Å². The molecule has 0 heterocycles. The Labute approximate surface area is 143 Å². The Bertz CT molecular complexity index is 644. The summed E-state index contributed by atoms with van der Waals surface area (Å²) in [4.78, 5) is 11.1. The molecule has 0 amide bonds. The van der Waals surface area contributed by atoms with Crippen molar-refractivity contribution in [2.75, 3.05) is 6.61 Å². The van der Waals surface area contributed by atoms with Crippen LogP contribution in [0.2, 0.25) is 0 Å². The molecule has 7 heteroatoms. The first-order chi connectivity index (χ1) is 11.8. The van der Waals surface area contributed by atoms with Crippen LogP contribution in [0.5, 0.6) is 5.75 Å². The molecule has 0 unspecified atom stereocenters. The molecule has 2 saturated carbocycles. The lowest BCUT2D eigenvalue weighted by Crippen LogP contribution is -2.29. The first-order valence-corrected chi connectivity index (χ1v) is 8.52. The number of carboxylic acids is 1. The van der Waals surface area contributed by atoms with Crippen LogP contribution in [0.15, 0.2) is 12.1 Å². The van der Waals surface area contributed by atoms with Gasteiger partial charge in [-0.05, 0) is 62.0 Å². The molecule has 0 spiro atoms. The van der Waals surface area contributed by atoms with Crippen LogP contribution >= 0.6 is 0 Å².